The second-order valence-corrected chi connectivity index (χ2v) is 5.65. The Bertz CT molecular complexity index is 233. The van der Waals surface area contributed by atoms with Crippen molar-refractivity contribution in [3.63, 3.8) is 0 Å². The summed E-state index contributed by atoms with van der Waals surface area (Å²) < 4.78 is 0. The summed E-state index contributed by atoms with van der Waals surface area (Å²) in [4.78, 5) is 12.2. The van der Waals surface area contributed by atoms with Crippen molar-refractivity contribution in [1.29, 1.82) is 0 Å². The molecule has 2 unspecified atom stereocenters. The molecule has 2 aliphatic heterocycles. The number of hydrogen-bond donors (Lipinski definition) is 2. The van der Waals surface area contributed by atoms with Crippen LogP contribution in [0.2, 0.25) is 0 Å². The SMILES string of the molecule is CCC1(C(=O)NC2CCSC2)CCCN1. The Balaban J connectivity index is 1.92. The van der Waals surface area contributed by atoms with E-state index < -0.39 is 0 Å². The van der Waals surface area contributed by atoms with Crippen LogP contribution in [-0.2, 0) is 4.79 Å². The maximum absolute atomic E-state index is 12.2. The fourth-order valence-corrected chi connectivity index (χ4v) is 3.59. The lowest BCUT2D eigenvalue weighted by molar-refractivity contribution is -0.127. The van der Waals surface area contributed by atoms with E-state index in [2.05, 4.69) is 17.6 Å². The van der Waals surface area contributed by atoms with Crippen LogP contribution in [0.4, 0.5) is 0 Å². The number of carbonyl (C=O) groups excluding carboxylic acids is 1. The third-order valence-corrected chi connectivity index (χ3v) is 4.71. The van der Waals surface area contributed by atoms with Crippen molar-refractivity contribution < 1.29 is 4.79 Å². The molecule has 0 aromatic heterocycles. The Labute approximate surface area is 95.8 Å². The van der Waals surface area contributed by atoms with Gasteiger partial charge in [-0.1, -0.05) is 6.92 Å². The topological polar surface area (TPSA) is 41.1 Å². The first-order valence-corrected chi connectivity index (χ1v) is 7.06. The van der Waals surface area contributed by atoms with Gasteiger partial charge in [0.1, 0.15) is 0 Å². The third-order valence-electron chi connectivity index (χ3n) is 3.55. The van der Waals surface area contributed by atoms with Gasteiger partial charge in [0.05, 0.1) is 5.54 Å². The first-order chi connectivity index (χ1) is 7.27. The smallest absolute Gasteiger partial charge is 0.240 e. The Kier molecular flexibility index (Phi) is 3.57. The van der Waals surface area contributed by atoms with Gasteiger partial charge in [-0.15, -0.1) is 0 Å². The highest BCUT2D eigenvalue weighted by Gasteiger charge is 2.39. The molecule has 15 heavy (non-hydrogen) atoms. The molecule has 0 spiro atoms. The first-order valence-electron chi connectivity index (χ1n) is 5.90. The molecule has 0 aromatic carbocycles. The molecule has 2 N–H and O–H groups in total. The quantitative estimate of drug-likeness (QED) is 0.761. The number of amides is 1. The molecule has 2 saturated heterocycles. The van der Waals surface area contributed by atoms with Crippen LogP contribution in [-0.4, -0.2) is 35.5 Å². The predicted molar refractivity (Wildman–Crippen MR) is 64.1 cm³/mol. The molecule has 2 fully saturated rings. The zero-order valence-electron chi connectivity index (χ0n) is 9.34. The van der Waals surface area contributed by atoms with Crippen molar-refractivity contribution in [2.75, 3.05) is 18.1 Å². The second-order valence-electron chi connectivity index (χ2n) is 4.50. The van der Waals surface area contributed by atoms with Crippen LogP contribution < -0.4 is 10.6 Å². The summed E-state index contributed by atoms with van der Waals surface area (Å²) in [5, 5.41) is 6.56. The molecule has 0 aromatic rings. The summed E-state index contributed by atoms with van der Waals surface area (Å²) in [5.41, 5.74) is -0.257. The van der Waals surface area contributed by atoms with Crippen molar-refractivity contribution in [1.82, 2.24) is 10.6 Å². The van der Waals surface area contributed by atoms with E-state index in [0.29, 0.717) is 6.04 Å². The Morgan fingerprint density at radius 1 is 1.67 bits per heavy atom. The van der Waals surface area contributed by atoms with Crippen LogP contribution in [0.25, 0.3) is 0 Å². The molecule has 3 nitrogen and oxygen atoms in total. The fourth-order valence-electron chi connectivity index (χ4n) is 2.43. The normalized spacial score (nSPS) is 35.7. The van der Waals surface area contributed by atoms with Crippen LogP contribution in [0.5, 0.6) is 0 Å². The maximum atomic E-state index is 12.2. The molecule has 2 heterocycles. The predicted octanol–water partition coefficient (Wildman–Crippen LogP) is 1.14. The highest BCUT2D eigenvalue weighted by atomic mass is 32.2. The van der Waals surface area contributed by atoms with E-state index in [1.165, 1.54) is 5.75 Å². The standard InChI is InChI=1S/C11H20N2OS/c1-2-11(5-3-6-12-11)10(14)13-9-4-7-15-8-9/h9,12H,2-8H2,1H3,(H,13,14). The number of rotatable bonds is 3. The van der Waals surface area contributed by atoms with E-state index in [1.54, 1.807) is 0 Å². The molecule has 2 rings (SSSR count). The van der Waals surface area contributed by atoms with Gasteiger partial charge in [-0.3, -0.25) is 4.79 Å². The Morgan fingerprint density at radius 3 is 3.07 bits per heavy atom. The van der Waals surface area contributed by atoms with Gasteiger partial charge in [0.25, 0.3) is 0 Å². The molecule has 0 bridgehead atoms. The molecule has 2 aliphatic rings. The van der Waals surface area contributed by atoms with E-state index in [0.717, 1.165) is 38.0 Å². The van der Waals surface area contributed by atoms with Gasteiger partial charge in [-0.05, 0) is 38.0 Å². The molecule has 4 heteroatoms. The van der Waals surface area contributed by atoms with Gasteiger partial charge in [0, 0.05) is 11.8 Å². The molecular formula is C11H20N2OS. The number of hydrogen-bond acceptors (Lipinski definition) is 3. The van der Waals surface area contributed by atoms with Gasteiger partial charge >= 0.3 is 0 Å². The average molecular weight is 228 g/mol. The van der Waals surface area contributed by atoms with Crippen LogP contribution in [0.3, 0.4) is 0 Å². The highest BCUT2D eigenvalue weighted by Crippen LogP contribution is 2.24. The summed E-state index contributed by atoms with van der Waals surface area (Å²) >= 11 is 1.94. The van der Waals surface area contributed by atoms with Gasteiger partial charge in [0.15, 0.2) is 0 Å². The number of nitrogens with one attached hydrogen (secondary N) is 2. The second kappa shape index (κ2) is 4.74. The van der Waals surface area contributed by atoms with Crippen molar-refractivity contribution in [3.8, 4) is 0 Å². The monoisotopic (exact) mass is 228 g/mol. The first kappa shape index (κ1) is 11.3. The Morgan fingerprint density at radius 2 is 2.53 bits per heavy atom. The van der Waals surface area contributed by atoms with E-state index in [-0.39, 0.29) is 11.4 Å². The minimum atomic E-state index is -0.257. The van der Waals surface area contributed by atoms with Crippen molar-refractivity contribution in [3.05, 3.63) is 0 Å². The van der Waals surface area contributed by atoms with Crippen molar-refractivity contribution >= 4 is 17.7 Å². The van der Waals surface area contributed by atoms with E-state index in [9.17, 15) is 4.79 Å². The molecule has 86 valence electrons. The number of carbonyl (C=O) groups is 1. The molecule has 0 aliphatic carbocycles. The Hall–Kier alpha value is -0.220. The van der Waals surface area contributed by atoms with Crippen LogP contribution in [0, 0.1) is 0 Å². The van der Waals surface area contributed by atoms with Crippen LogP contribution in [0.15, 0.2) is 0 Å². The highest BCUT2D eigenvalue weighted by molar-refractivity contribution is 7.99. The third kappa shape index (κ3) is 2.31. The molecular weight excluding hydrogens is 208 g/mol. The van der Waals surface area contributed by atoms with E-state index in [1.807, 2.05) is 11.8 Å². The van der Waals surface area contributed by atoms with Crippen LogP contribution >= 0.6 is 11.8 Å². The molecule has 1 amide bonds. The number of thioether (sulfide) groups is 1. The minimum Gasteiger partial charge on any atom is -0.351 e. The lowest BCUT2D eigenvalue weighted by Gasteiger charge is -2.28. The molecule has 2 atom stereocenters. The van der Waals surface area contributed by atoms with Gasteiger partial charge < -0.3 is 10.6 Å². The lowest BCUT2D eigenvalue weighted by Crippen LogP contribution is -2.55. The molecule has 0 saturated carbocycles. The zero-order chi connectivity index (χ0) is 10.7. The van der Waals surface area contributed by atoms with E-state index >= 15 is 0 Å². The fraction of sp³-hybridized carbons (Fsp3) is 0.909. The largest absolute Gasteiger partial charge is 0.351 e. The summed E-state index contributed by atoms with van der Waals surface area (Å²) in [5.74, 6) is 2.51. The summed E-state index contributed by atoms with van der Waals surface area (Å²) in [6.07, 6.45) is 4.16. The van der Waals surface area contributed by atoms with Gasteiger partial charge in [-0.2, -0.15) is 11.8 Å². The minimum absolute atomic E-state index is 0.231. The van der Waals surface area contributed by atoms with Crippen LogP contribution in [0.1, 0.15) is 32.6 Å². The summed E-state index contributed by atoms with van der Waals surface area (Å²) in [7, 11) is 0. The molecule has 0 radical (unpaired) electrons. The average Bonchev–Trinajstić information content (AvgIpc) is 2.87. The van der Waals surface area contributed by atoms with Gasteiger partial charge in [-0.25, -0.2) is 0 Å². The van der Waals surface area contributed by atoms with E-state index in [4.69, 9.17) is 0 Å². The summed E-state index contributed by atoms with van der Waals surface area (Å²) in [6.45, 7) is 3.09. The zero-order valence-corrected chi connectivity index (χ0v) is 10.2. The maximum Gasteiger partial charge on any atom is 0.240 e. The summed E-state index contributed by atoms with van der Waals surface area (Å²) in [6, 6.07) is 0.410. The van der Waals surface area contributed by atoms with Crippen molar-refractivity contribution in [2.24, 2.45) is 0 Å². The van der Waals surface area contributed by atoms with Gasteiger partial charge in [0.2, 0.25) is 5.91 Å². The van der Waals surface area contributed by atoms with Crippen molar-refractivity contribution in [2.45, 2.75) is 44.2 Å². The lowest BCUT2D eigenvalue weighted by atomic mass is 9.93.